The molecule has 0 radical (unpaired) electrons. The van der Waals surface area contributed by atoms with Gasteiger partial charge in [0.1, 0.15) is 10.8 Å². The summed E-state index contributed by atoms with van der Waals surface area (Å²) in [4.78, 5) is 29.4. The Bertz CT molecular complexity index is 1330. The van der Waals surface area contributed by atoms with Gasteiger partial charge in [-0.3, -0.25) is 0 Å². The van der Waals surface area contributed by atoms with Gasteiger partial charge in [-0.15, -0.1) is 0 Å². The summed E-state index contributed by atoms with van der Waals surface area (Å²) in [5.41, 5.74) is -1.59. The van der Waals surface area contributed by atoms with Crippen molar-refractivity contribution in [3.8, 4) is 0 Å². The number of ether oxygens (including phenoxy) is 1. The van der Waals surface area contributed by atoms with Gasteiger partial charge in [-0.2, -0.15) is 0 Å². The smallest absolute Gasteiger partial charge is 0.317 e. The van der Waals surface area contributed by atoms with Crippen LogP contribution < -0.4 is 21.3 Å². The van der Waals surface area contributed by atoms with Gasteiger partial charge in [-0.1, -0.05) is 81.9 Å². The molecule has 0 bridgehead atoms. The van der Waals surface area contributed by atoms with E-state index in [2.05, 4.69) is 21.3 Å². The largest absolute Gasteiger partial charge is 0.385 e. The molecular formula is C44H75ClF2N6O4. The van der Waals surface area contributed by atoms with Crippen molar-refractivity contribution in [2.75, 3.05) is 67.1 Å². The molecule has 1 aromatic rings. The number of aliphatic hydroxyl groups is 1. The molecule has 10 nitrogen and oxygen atoms in total. The fourth-order valence-corrected chi connectivity index (χ4v) is 9.93. The summed E-state index contributed by atoms with van der Waals surface area (Å²) < 4.78 is 34.2. The Morgan fingerprint density at radius 3 is 1.86 bits per heavy atom. The number of piperidine rings is 2. The summed E-state index contributed by atoms with van der Waals surface area (Å²) in [6.45, 7) is 4.83. The van der Waals surface area contributed by atoms with Gasteiger partial charge in [0.25, 0.3) is 0 Å². The van der Waals surface area contributed by atoms with Gasteiger partial charge < -0.3 is 40.9 Å². The molecule has 2 aliphatic heterocycles. The molecule has 4 amide bonds. The van der Waals surface area contributed by atoms with Gasteiger partial charge in [-0.05, 0) is 96.2 Å². The molecule has 57 heavy (non-hydrogen) atoms. The highest BCUT2D eigenvalue weighted by atomic mass is 35.5. The minimum Gasteiger partial charge on any atom is -0.385 e. The van der Waals surface area contributed by atoms with Crippen LogP contribution in [0.1, 0.15) is 134 Å². The number of urea groups is 2. The summed E-state index contributed by atoms with van der Waals surface area (Å²) in [5, 5.41) is 24.2. The SMILES string of the molecule is CNC[C@H](CC1CCCCC1)NC(=O)N1CCCCC1.CNC[C@H](CC1CCCCC1)NC(=O)N1CCC[C@@H]([C@](O)(CCCCOC)c2ccc(F)c(Cl)c2F)C1. The molecule has 0 spiro atoms. The number of unbranched alkanes of at least 4 members (excludes halogenated alkanes) is 1. The zero-order chi connectivity index (χ0) is 41.0. The minimum atomic E-state index is -1.58. The number of likely N-dealkylation sites (tertiary alicyclic amines) is 2. The maximum absolute atomic E-state index is 15.2. The normalized spacial score (nSPS) is 21.8. The van der Waals surface area contributed by atoms with Crippen molar-refractivity contribution < 1.29 is 28.2 Å². The molecule has 2 saturated carbocycles. The van der Waals surface area contributed by atoms with E-state index in [4.69, 9.17) is 16.3 Å². The van der Waals surface area contributed by atoms with Crippen LogP contribution in [0.25, 0.3) is 0 Å². The number of amides is 4. The Balaban J connectivity index is 0.000000302. The van der Waals surface area contributed by atoms with Gasteiger partial charge >= 0.3 is 12.1 Å². The number of halogens is 3. The van der Waals surface area contributed by atoms with Crippen LogP contribution in [-0.4, -0.2) is 106 Å². The van der Waals surface area contributed by atoms with E-state index in [9.17, 15) is 19.1 Å². The lowest BCUT2D eigenvalue weighted by Crippen LogP contribution is -2.54. The van der Waals surface area contributed by atoms with E-state index in [1.165, 1.54) is 76.7 Å². The number of hydrogen-bond donors (Lipinski definition) is 5. The number of nitrogens with one attached hydrogen (secondary N) is 4. The number of benzene rings is 1. The summed E-state index contributed by atoms with van der Waals surface area (Å²) >= 11 is 5.90. The van der Waals surface area contributed by atoms with E-state index in [0.717, 1.165) is 57.3 Å². The molecule has 326 valence electrons. The molecule has 1 aromatic carbocycles. The highest BCUT2D eigenvalue weighted by Crippen LogP contribution is 2.42. The van der Waals surface area contributed by atoms with Crippen molar-refractivity contribution >= 4 is 23.7 Å². The highest BCUT2D eigenvalue weighted by molar-refractivity contribution is 6.31. The lowest BCUT2D eigenvalue weighted by atomic mass is 9.74. The molecule has 0 aromatic heterocycles. The van der Waals surface area contributed by atoms with Crippen LogP contribution in [0.3, 0.4) is 0 Å². The van der Waals surface area contributed by atoms with Gasteiger partial charge in [0.15, 0.2) is 5.82 Å². The lowest BCUT2D eigenvalue weighted by Gasteiger charge is -2.43. The molecular weight excluding hydrogens is 750 g/mol. The molecule has 2 heterocycles. The van der Waals surface area contributed by atoms with Gasteiger partial charge in [0.2, 0.25) is 0 Å². The highest BCUT2D eigenvalue weighted by Gasteiger charge is 2.43. The Morgan fingerprint density at radius 1 is 0.789 bits per heavy atom. The zero-order valence-electron chi connectivity index (χ0n) is 35.3. The monoisotopic (exact) mass is 825 g/mol. The van der Waals surface area contributed by atoms with E-state index in [1.54, 1.807) is 12.0 Å². The van der Waals surface area contributed by atoms with Gasteiger partial charge in [0.05, 0.1) is 5.60 Å². The van der Waals surface area contributed by atoms with Crippen LogP contribution in [0.2, 0.25) is 5.02 Å². The summed E-state index contributed by atoms with van der Waals surface area (Å²) in [6, 6.07) is 2.71. The van der Waals surface area contributed by atoms with E-state index < -0.39 is 28.2 Å². The predicted molar refractivity (Wildman–Crippen MR) is 226 cm³/mol. The second kappa shape index (κ2) is 25.4. The predicted octanol–water partition coefficient (Wildman–Crippen LogP) is 8.34. The first-order valence-electron chi connectivity index (χ1n) is 22.3. The van der Waals surface area contributed by atoms with Crippen LogP contribution in [0.15, 0.2) is 12.1 Å². The molecule has 4 atom stereocenters. The molecule has 2 aliphatic carbocycles. The molecule has 0 unspecified atom stereocenters. The number of carbonyl (C=O) groups excluding carboxylic acids is 2. The fourth-order valence-electron chi connectivity index (χ4n) is 9.77. The van der Waals surface area contributed by atoms with Crippen molar-refractivity contribution in [3.63, 3.8) is 0 Å². The standard InChI is InChI=1S/C28H44ClF2N3O3.C16H31N3O/c1-32-18-22(17-20-9-4-3-5-10-20)33-27(35)34-15-8-11-21(19-34)28(36,14-6-7-16-37-2)23-12-13-24(30)25(29)26(23)31;1-17-13-15(12-14-8-4-2-5-9-14)18-16(20)19-10-6-3-7-11-19/h12-13,20-22,32,36H,3-11,14-19H2,1-2H3,(H,33,35);14-15,17H,2-13H2,1H3,(H,18,20)/t21-,22+,28-;15-/m10/s1. The molecule has 4 fully saturated rings. The number of rotatable bonds is 17. The fraction of sp³-hybridized carbons (Fsp3) is 0.818. The van der Waals surface area contributed by atoms with E-state index in [1.807, 2.05) is 19.0 Å². The molecule has 2 saturated heterocycles. The van der Waals surface area contributed by atoms with Crippen LogP contribution in [0.5, 0.6) is 0 Å². The lowest BCUT2D eigenvalue weighted by molar-refractivity contribution is -0.0588. The molecule has 13 heteroatoms. The van der Waals surface area contributed by atoms with Crippen molar-refractivity contribution in [3.05, 3.63) is 34.4 Å². The molecule has 4 aliphatic rings. The first kappa shape index (κ1) is 47.4. The topological polar surface area (TPSA) is 118 Å². The Morgan fingerprint density at radius 2 is 1.32 bits per heavy atom. The summed E-state index contributed by atoms with van der Waals surface area (Å²) in [7, 11) is 5.47. The van der Waals surface area contributed by atoms with Gasteiger partial charge in [-0.25, -0.2) is 18.4 Å². The van der Waals surface area contributed by atoms with Crippen molar-refractivity contribution in [1.29, 1.82) is 0 Å². The average molecular weight is 826 g/mol. The average Bonchev–Trinajstić information content (AvgIpc) is 3.23. The van der Waals surface area contributed by atoms with Crippen LogP contribution >= 0.6 is 11.6 Å². The Hall–Kier alpha value is -2.25. The van der Waals surface area contributed by atoms with Gasteiger partial charge in [0, 0.05) is 76.6 Å². The molecule has 5 N–H and O–H groups in total. The molecule has 5 rings (SSSR count). The van der Waals surface area contributed by atoms with E-state index in [-0.39, 0.29) is 42.7 Å². The first-order chi connectivity index (χ1) is 27.6. The number of methoxy groups -OCH3 is 1. The minimum absolute atomic E-state index is 0.00562. The number of likely N-dealkylation sites (N-methyl/N-ethyl adjacent to an activating group) is 2. The Labute approximate surface area is 347 Å². The van der Waals surface area contributed by atoms with E-state index in [0.29, 0.717) is 51.3 Å². The third kappa shape index (κ3) is 15.1. The van der Waals surface area contributed by atoms with Crippen LogP contribution in [-0.2, 0) is 10.3 Å². The van der Waals surface area contributed by atoms with Crippen LogP contribution in [0.4, 0.5) is 18.4 Å². The first-order valence-corrected chi connectivity index (χ1v) is 22.7. The second-order valence-corrected chi connectivity index (χ2v) is 17.7. The third-order valence-electron chi connectivity index (χ3n) is 12.9. The van der Waals surface area contributed by atoms with Crippen molar-refractivity contribution in [2.45, 2.75) is 146 Å². The number of carbonyl (C=O) groups is 2. The second-order valence-electron chi connectivity index (χ2n) is 17.3. The number of hydrogen-bond acceptors (Lipinski definition) is 6. The van der Waals surface area contributed by atoms with Crippen LogP contribution in [0, 0.1) is 29.4 Å². The summed E-state index contributed by atoms with van der Waals surface area (Å²) in [6.07, 6.45) is 21.6. The number of nitrogens with zero attached hydrogens (tertiary/aromatic N) is 2. The maximum Gasteiger partial charge on any atom is 0.317 e. The van der Waals surface area contributed by atoms with E-state index >= 15 is 4.39 Å². The summed E-state index contributed by atoms with van der Waals surface area (Å²) in [5.74, 6) is -0.762. The maximum atomic E-state index is 15.2. The quantitative estimate of drug-likeness (QED) is 0.0797. The Kier molecular flexibility index (Phi) is 21.1. The van der Waals surface area contributed by atoms with Crippen molar-refractivity contribution in [2.24, 2.45) is 17.8 Å². The third-order valence-corrected chi connectivity index (χ3v) is 13.3. The zero-order valence-corrected chi connectivity index (χ0v) is 36.1. The van der Waals surface area contributed by atoms with Crippen molar-refractivity contribution in [1.82, 2.24) is 31.1 Å².